The van der Waals surface area contributed by atoms with E-state index >= 15 is 0 Å². The van der Waals surface area contributed by atoms with E-state index < -0.39 is 24.2 Å². The van der Waals surface area contributed by atoms with Crippen LogP contribution in [-0.4, -0.2) is 30.7 Å². The van der Waals surface area contributed by atoms with Crippen LogP contribution in [-0.2, 0) is 14.3 Å². The zero-order chi connectivity index (χ0) is 19.1. The molecule has 0 spiro atoms. The van der Waals surface area contributed by atoms with Gasteiger partial charge in [-0.25, -0.2) is 4.79 Å². The van der Waals surface area contributed by atoms with E-state index in [-0.39, 0.29) is 5.78 Å². The third-order valence-corrected chi connectivity index (χ3v) is 3.46. The van der Waals surface area contributed by atoms with Gasteiger partial charge in [0.25, 0.3) is 0 Å². The molecular weight excluding hydrogens is 336 g/mol. The Kier molecular flexibility index (Phi) is 6.21. The van der Waals surface area contributed by atoms with E-state index in [1.807, 2.05) is 0 Å². The number of nitrogens with one attached hydrogen (secondary N) is 2. The first kappa shape index (κ1) is 18.9. The molecule has 134 valence electrons. The fraction of sp³-hybridized carbons (Fsp3) is 0.158. The van der Waals surface area contributed by atoms with Crippen molar-refractivity contribution >= 4 is 34.9 Å². The molecule has 0 bridgehead atoms. The number of amides is 2. The maximum atomic E-state index is 12.0. The molecular formula is C19H18N2O5. The second-order valence-corrected chi connectivity index (χ2v) is 5.48. The average Bonchev–Trinajstić information content (AvgIpc) is 2.61. The Bertz CT molecular complexity index is 843. The fourth-order valence-corrected chi connectivity index (χ4v) is 2.19. The van der Waals surface area contributed by atoms with Gasteiger partial charge in [-0.3, -0.25) is 14.4 Å². The van der Waals surface area contributed by atoms with Crippen LogP contribution >= 0.6 is 0 Å². The van der Waals surface area contributed by atoms with Gasteiger partial charge in [-0.1, -0.05) is 6.07 Å². The fourth-order valence-electron chi connectivity index (χ4n) is 2.19. The molecule has 0 aliphatic rings. The zero-order valence-electron chi connectivity index (χ0n) is 14.4. The summed E-state index contributed by atoms with van der Waals surface area (Å²) in [5.74, 6) is -1.61. The van der Waals surface area contributed by atoms with Crippen molar-refractivity contribution in [3.8, 4) is 0 Å². The van der Waals surface area contributed by atoms with Crippen molar-refractivity contribution < 1.29 is 23.9 Å². The van der Waals surface area contributed by atoms with Gasteiger partial charge < -0.3 is 15.4 Å². The van der Waals surface area contributed by atoms with E-state index in [2.05, 4.69) is 15.4 Å². The average molecular weight is 354 g/mol. The first-order chi connectivity index (χ1) is 12.4. The van der Waals surface area contributed by atoms with Crippen LogP contribution in [0.2, 0.25) is 0 Å². The number of methoxy groups -OCH3 is 1. The Morgan fingerprint density at radius 1 is 0.846 bits per heavy atom. The van der Waals surface area contributed by atoms with E-state index in [9.17, 15) is 19.2 Å². The third kappa shape index (κ3) is 5.27. The number of hydrogen-bond donors (Lipinski definition) is 2. The van der Waals surface area contributed by atoms with Crippen LogP contribution < -0.4 is 10.6 Å². The molecule has 2 N–H and O–H groups in total. The lowest BCUT2D eigenvalue weighted by Gasteiger charge is -2.08. The Morgan fingerprint density at radius 3 is 2.04 bits per heavy atom. The first-order valence-electron chi connectivity index (χ1n) is 7.78. The van der Waals surface area contributed by atoms with Gasteiger partial charge in [0, 0.05) is 16.9 Å². The monoisotopic (exact) mass is 354 g/mol. The minimum atomic E-state index is -0.523. The first-order valence-corrected chi connectivity index (χ1v) is 7.78. The minimum Gasteiger partial charge on any atom is -0.465 e. The summed E-state index contributed by atoms with van der Waals surface area (Å²) in [6.07, 6.45) is -0.392. The summed E-state index contributed by atoms with van der Waals surface area (Å²) in [4.78, 5) is 46.6. The van der Waals surface area contributed by atoms with E-state index in [0.29, 0.717) is 22.5 Å². The summed E-state index contributed by atoms with van der Waals surface area (Å²) < 4.78 is 4.61. The molecule has 0 unspecified atom stereocenters. The van der Waals surface area contributed by atoms with Crippen LogP contribution in [0.15, 0.2) is 48.5 Å². The minimum absolute atomic E-state index is 0.0727. The zero-order valence-corrected chi connectivity index (χ0v) is 14.4. The number of esters is 1. The summed E-state index contributed by atoms with van der Waals surface area (Å²) in [6, 6.07) is 12.6. The number of ketones is 1. The van der Waals surface area contributed by atoms with Crippen molar-refractivity contribution in [2.45, 2.75) is 13.3 Å². The number of benzene rings is 2. The van der Waals surface area contributed by atoms with Gasteiger partial charge in [-0.05, 0) is 49.4 Å². The van der Waals surface area contributed by atoms with Crippen molar-refractivity contribution in [1.82, 2.24) is 0 Å². The number of carbonyl (C=O) groups is 4. The lowest BCUT2D eigenvalue weighted by atomic mass is 10.1. The van der Waals surface area contributed by atoms with Crippen molar-refractivity contribution in [3.63, 3.8) is 0 Å². The highest BCUT2D eigenvalue weighted by Crippen LogP contribution is 2.13. The molecule has 2 rings (SSSR count). The van der Waals surface area contributed by atoms with Crippen molar-refractivity contribution in [2.24, 2.45) is 0 Å². The molecule has 7 heteroatoms. The van der Waals surface area contributed by atoms with Gasteiger partial charge in [-0.15, -0.1) is 0 Å². The highest BCUT2D eigenvalue weighted by atomic mass is 16.5. The Morgan fingerprint density at radius 2 is 1.46 bits per heavy atom. The summed E-state index contributed by atoms with van der Waals surface area (Å²) in [7, 11) is 1.26. The van der Waals surface area contributed by atoms with Crippen LogP contribution in [0, 0.1) is 0 Å². The molecule has 2 amide bonds. The molecule has 0 aromatic heterocycles. The van der Waals surface area contributed by atoms with Crippen LogP contribution in [0.4, 0.5) is 11.4 Å². The van der Waals surface area contributed by atoms with Crippen LogP contribution in [0.25, 0.3) is 0 Å². The van der Waals surface area contributed by atoms with Crippen LogP contribution in [0.1, 0.15) is 34.1 Å². The molecule has 0 atom stereocenters. The largest absolute Gasteiger partial charge is 0.465 e. The maximum Gasteiger partial charge on any atom is 0.337 e. The van der Waals surface area contributed by atoms with Gasteiger partial charge in [0.15, 0.2) is 5.78 Å². The Hall–Kier alpha value is -3.48. The molecule has 0 heterocycles. The van der Waals surface area contributed by atoms with E-state index in [0.717, 1.165) is 0 Å². The van der Waals surface area contributed by atoms with E-state index in [4.69, 9.17) is 0 Å². The summed E-state index contributed by atoms with van der Waals surface area (Å²) in [5.41, 5.74) is 1.70. The molecule has 2 aromatic carbocycles. The van der Waals surface area contributed by atoms with Crippen LogP contribution in [0.5, 0.6) is 0 Å². The quantitative estimate of drug-likeness (QED) is 0.472. The summed E-state index contributed by atoms with van der Waals surface area (Å²) >= 11 is 0. The molecule has 7 nitrogen and oxygen atoms in total. The SMILES string of the molecule is COC(=O)c1cccc(NC(=O)CC(=O)Nc2ccc(C(C)=O)cc2)c1. The van der Waals surface area contributed by atoms with E-state index in [1.54, 1.807) is 42.5 Å². The maximum absolute atomic E-state index is 12.0. The summed E-state index contributed by atoms with van der Waals surface area (Å²) in [6.45, 7) is 1.45. The van der Waals surface area contributed by atoms with Gasteiger partial charge in [0.2, 0.25) is 11.8 Å². The Labute approximate surface area is 150 Å². The molecule has 0 aliphatic heterocycles. The van der Waals surface area contributed by atoms with Crippen molar-refractivity contribution in [1.29, 1.82) is 0 Å². The number of ether oxygens (including phenoxy) is 1. The topological polar surface area (TPSA) is 102 Å². The summed E-state index contributed by atoms with van der Waals surface area (Å²) in [5, 5.41) is 5.13. The van der Waals surface area contributed by atoms with Gasteiger partial charge in [0.1, 0.15) is 6.42 Å². The molecule has 26 heavy (non-hydrogen) atoms. The predicted octanol–water partition coefficient (Wildman–Crippen LogP) is 2.64. The highest BCUT2D eigenvalue weighted by Gasteiger charge is 2.12. The standard InChI is InChI=1S/C19H18N2O5/c1-12(22)13-6-8-15(9-7-13)20-17(23)11-18(24)21-16-5-3-4-14(10-16)19(25)26-2/h3-10H,11H2,1-2H3,(H,20,23)(H,21,24). The number of carbonyl (C=O) groups excluding carboxylic acids is 4. The van der Waals surface area contributed by atoms with Crippen LogP contribution in [0.3, 0.4) is 0 Å². The van der Waals surface area contributed by atoms with Gasteiger partial charge in [0.05, 0.1) is 12.7 Å². The number of anilines is 2. The predicted molar refractivity (Wildman–Crippen MR) is 96.1 cm³/mol. The molecule has 0 aliphatic carbocycles. The molecule has 0 saturated heterocycles. The third-order valence-electron chi connectivity index (χ3n) is 3.46. The van der Waals surface area contributed by atoms with Crippen molar-refractivity contribution in [2.75, 3.05) is 17.7 Å². The van der Waals surface area contributed by atoms with Crippen molar-refractivity contribution in [3.05, 3.63) is 59.7 Å². The lowest BCUT2D eigenvalue weighted by Crippen LogP contribution is -2.21. The van der Waals surface area contributed by atoms with E-state index in [1.165, 1.54) is 20.1 Å². The number of rotatable bonds is 6. The molecule has 0 saturated carbocycles. The molecule has 0 radical (unpaired) electrons. The second-order valence-electron chi connectivity index (χ2n) is 5.48. The Balaban J connectivity index is 1.92. The van der Waals surface area contributed by atoms with Gasteiger partial charge in [-0.2, -0.15) is 0 Å². The molecule has 0 fully saturated rings. The lowest BCUT2D eigenvalue weighted by molar-refractivity contribution is -0.123. The normalized spacial score (nSPS) is 9.92. The number of Topliss-reactive ketones (excluding diaryl/α,β-unsaturated/α-hetero) is 1. The second kappa shape index (κ2) is 8.57. The smallest absolute Gasteiger partial charge is 0.337 e. The van der Waals surface area contributed by atoms with Gasteiger partial charge >= 0.3 is 5.97 Å². The molecule has 2 aromatic rings. The highest BCUT2D eigenvalue weighted by molar-refractivity contribution is 6.08. The number of hydrogen-bond acceptors (Lipinski definition) is 5.